The molecule has 3 nitrogen and oxygen atoms in total. The fourth-order valence-corrected chi connectivity index (χ4v) is 3.67. The van der Waals surface area contributed by atoms with Crippen molar-refractivity contribution in [2.45, 2.75) is 38.8 Å². The molecule has 2 aromatic rings. The number of aryl methyl sites for hydroxylation is 1. The van der Waals surface area contributed by atoms with Gasteiger partial charge in [-0.15, -0.1) is 0 Å². The number of nitrogens with one attached hydrogen (secondary N) is 1. The van der Waals surface area contributed by atoms with Gasteiger partial charge in [0.25, 0.3) is 0 Å². The first-order valence-electron chi connectivity index (χ1n) is 7.74. The zero-order valence-corrected chi connectivity index (χ0v) is 12.1. The van der Waals surface area contributed by atoms with Crippen molar-refractivity contribution in [3.63, 3.8) is 0 Å². The highest BCUT2D eigenvalue weighted by molar-refractivity contribution is 5.87. The van der Waals surface area contributed by atoms with Crippen LogP contribution in [0.4, 0.5) is 0 Å². The van der Waals surface area contributed by atoms with E-state index in [1.807, 2.05) is 0 Å². The molecule has 0 spiro atoms. The van der Waals surface area contributed by atoms with Gasteiger partial charge in [0.05, 0.1) is 6.10 Å². The Bertz CT molecular complexity index is 625. The van der Waals surface area contributed by atoms with Crippen molar-refractivity contribution in [1.29, 1.82) is 0 Å². The van der Waals surface area contributed by atoms with Gasteiger partial charge >= 0.3 is 0 Å². The Hall–Kier alpha value is -1.32. The molecule has 1 aromatic carbocycles. The molecule has 0 amide bonds. The summed E-state index contributed by atoms with van der Waals surface area (Å²) in [6, 6.07) is 6.62. The first kappa shape index (κ1) is 12.4. The molecule has 2 aliphatic heterocycles. The summed E-state index contributed by atoms with van der Waals surface area (Å²) in [5.74, 6) is 0. The van der Waals surface area contributed by atoms with Gasteiger partial charge < -0.3 is 9.72 Å². The lowest BCUT2D eigenvalue weighted by Crippen LogP contribution is -2.36. The van der Waals surface area contributed by atoms with Gasteiger partial charge in [0.1, 0.15) is 0 Å². The van der Waals surface area contributed by atoms with Gasteiger partial charge in [0.2, 0.25) is 0 Å². The first-order valence-corrected chi connectivity index (χ1v) is 7.74. The number of fused-ring (bicyclic) bond motifs is 3. The summed E-state index contributed by atoms with van der Waals surface area (Å²) in [6.07, 6.45) is 4.06. The molecule has 0 aliphatic carbocycles. The molecule has 1 N–H and O–H groups in total. The third kappa shape index (κ3) is 2.05. The minimum absolute atomic E-state index is 0.462. The van der Waals surface area contributed by atoms with Crippen molar-refractivity contribution in [3.05, 3.63) is 35.0 Å². The summed E-state index contributed by atoms with van der Waals surface area (Å²) in [6.45, 7) is 6.46. The molecule has 4 rings (SSSR count). The van der Waals surface area contributed by atoms with Gasteiger partial charge in [0, 0.05) is 49.3 Å². The second kappa shape index (κ2) is 4.90. The van der Waals surface area contributed by atoms with Gasteiger partial charge in [-0.3, -0.25) is 4.90 Å². The molecule has 2 aliphatic rings. The van der Waals surface area contributed by atoms with Gasteiger partial charge in [-0.25, -0.2) is 0 Å². The molecule has 1 saturated heterocycles. The highest BCUT2D eigenvalue weighted by atomic mass is 16.5. The standard InChI is InChI=1S/C17H22N2O/c1-12-4-2-6-14-15-11-19(10-13-5-3-9-20-13)8-7-16(15)18-17(12)14/h2,4,6,13,18H,3,5,7-11H2,1H3/t13-/m0/s1. The average molecular weight is 270 g/mol. The number of aromatic amines is 1. The van der Waals surface area contributed by atoms with Crippen LogP contribution in [0, 0.1) is 6.92 Å². The van der Waals surface area contributed by atoms with Crippen molar-refractivity contribution < 1.29 is 4.74 Å². The van der Waals surface area contributed by atoms with E-state index < -0.39 is 0 Å². The Kier molecular flexibility index (Phi) is 3.04. The number of aromatic nitrogens is 1. The van der Waals surface area contributed by atoms with E-state index in [-0.39, 0.29) is 0 Å². The second-order valence-corrected chi connectivity index (χ2v) is 6.20. The number of ether oxygens (including phenoxy) is 1. The van der Waals surface area contributed by atoms with E-state index in [1.54, 1.807) is 0 Å². The van der Waals surface area contributed by atoms with E-state index in [0.717, 1.165) is 32.7 Å². The molecule has 1 fully saturated rings. The van der Waals surface area contributed by atoms with E-state index in [4.69, 9.17) is 4.74 Å². The van der Waals surface area contributed by atoms with Crippen molar-refractivity contribution in [2.75, 3.05) is 19.7 Å². The Morgan fingerprint density at radius 2 is 2.35 bits per heavy atom. The Labute approximate surface area is 119 Å². The minimum atomic E-state index is 0.462. The molecule has 3 heteroatoms. The SMILES string of the molecule is Cc1cccc2c3c([nH]c12)CCN(C[C@@H]1CCCO1)C3. The molecule has 3 heterocycles. The molecular weight excluding hydrogens is 248 g/mol. The lowest BCUT2D eigenvalue weighted by Gasteiger charge is -2.29. The number of hydrogen-bond acceptors (Lipinski definition) is 2. The highest BCUT2D eigenvalue weighted by Crippen LogP contribution is 2.29. The van der Waals surface area contributed by atoms with Gasteiger partial charge in [-0.2, -0.15) is 0 Å². The monoisotopic (exact) mass is 270 g/mol. The molecule has 0 radical (unpaired) electrons. The number of para-hydroxylation sites is 1. The van der Waals surface area contributed by atoms with Crippen LogP contribution in [0.3, 0.4) is 0 Å². The maximum atomic E-state index is 5.78. The number of benzene rings is 1. The third-order valence-electron chi connectivity index (χ3n) is 4.78. The zero-order chi connectivity index (χ0) is 13.5. The van der Waals surface area contributed by atoms with Crippen LogP contribution < -0.4 is 0 Å². The fourth-order valence-electron chi connectivity index (χ4n) is 3.67. The molecular formula is C17H22N2O. The topological polar surface area (TPSA) is 28.3 Å². The number of H-pyrrole nitrogens is 1. The van der Waals surface area contributed by atoms with Crippen LogP contribution in [-0.4, -0.2) is 35.7 Å². The normalized spacial score (nSPS) is 23.4. The Morgan fingerprint density at radius 1 is 1.40 bits per heavy atom. The lowest BCUT2D eigenvalue weighted by atomic mass is 10.0. The third-order valence-corrected chi connectivity index (χ3v) is 4.78. The fraction of sp³-hybridized carbons (Fsp3) is 0.529. The predicted octanol–water partition coefficient (Wildman–Crippen LogP) is 3.01. The van der Waals surface area contributed by atoms with Crippen molar-refractivity contribution in [3.8, 4) is 0 Å². The largest absolute Gasteiger partial charge is 0.377 e. The van der Waals surface area contributed by atoms with E-state index in [0.29, 0.717) is 6.10 Å². The molecule has 0 bridgehead atoms. The molecule has 20 heavy (non-hydrogen) atoms. The van der Waals surface area contributed by atoms with Crippen LogP contribution in [0.1, 0.15) is 29.7 Å². The van der Waals surface area contributed by atoms with Gasteiger partial charge in [-0.05, 0) is 30.9 Å². The zero-order valence-electron chi connectivity index (χ0n) is 12.1. The summed E-state index contributed by atoms with van der Waals surface area (Å²) < 4.78 is 5.78. The summed E-state index contributed by atoms with van der Waals surface area (Å²) in [7, 11) is 0. The Morgan fingerprint density at radius 3 is 3.20 bits per heavy atom. The van der Waals surface area contributed by atoms with Gasteiger partial charge in [-0.1, -0.05) is 18.2 Å². The maximum absolute atomic E-state index is 5.78. The summed E-state index contributed by atoms with van der Waals surface area (Å²) in [4.78, 5) is 6.20. The Balaban J connectivity index is 1.61. The van der Waals surface area contributed by atoms with Crippen LogP contribution in [0.2, 0.25) is 0 Å². The van der Waals surface area contributed by atoms with Crippen molar-refractivity contribution >= 4 is 10.9 Å². The quantitative estimate of drug-likeness (QED) is 0.908. The van der Waals surface area contributed by atoms with E-state index in [2.05, 4.69) is 35.0 Å². The van der Waals surface area contributed by atoms with Crippen LogP contribution >= 0.6 is 0 Å². The van der Waals surface area contributed by atoms with Gasteiger partial charge in [0.15, 0.2) is 0 Å². The maximum Gasteiger partial charge on any atom is 0.0702 e. The average Bonchev–Trinajstić information content (AvgIpc) is 3.07. The molecule has 1 atom stereocenters. The predicted molar refractivity (Wildman–Crippen MR) is 81.0 cm³/mol. The molecule has 1 aromatic heterocycles. The number of nitrogens with zero attached hydrogens (tertiary/aromatic N) is 1. The van der Waals surface area contributed by atoms with Crippen LogP contribution in [-0.2, 0) is 17.7 Å². The summed E-state index contributed by atoms with van der Waals surface area (Å²) in [5.41, 5.74) is 5.63. The first-order chi connectivity index (χ1) is 9.81. The van der Waals surface area contributed by atoms with E-state index in [1.165, 1.54) is 40.6 Å². The highest BCUT2D eigenvalue weighted by Gasteiger charge is 2.24. The van der Waals surface area contributed by atoms with Crippen LogP contribution in [0.5, 0.6) is 0 Å². The molecule has 0 unspecified atom stereocenters. The lowest BCUT2D eigenvalue weighted by molar-refractivity contribution is 0.0688. The smallest absolute Gasteiger partial charge is 0.0702 e. The van der Waals surface area contributed by atoms with E-state index in [9.17, 15) is 0 Å². The molecule has 0 saturated carbocycles. The minimum Gasteiger partial charge on any atom is -0.377 e. The molecule has 106 valence electrons. The second-order valence-electron chi connectivity index (χ2n) is 6.20. The summed E-state index contributed by atoms with van der Waals surface area (Å²) in [5, 5.41) is 1.41. The number of hydrogen-bond donors (Lipinski definition) is 1. The van der Waals surface area contributed by atoms with Crippen LogP contribution in [0.25, 0.3) is 10.9 Å². The van der Waals surface area contributed by atoms with Crippen molar-refractivity contribution in [2.24, 2.45) is 0 Å². The van der Waals surface area contributed by atoms with Crippen molar-refractivity contribution in [1.82, 2.24) is 9.88 Å². The van der Waals surface area contributed by atoms with E-state index >= 15 is 0 Å². The number of rotatable bonds is 2. The summed E-state index contributed by atoms with van der Waals surface area (Å²) >= 11 is 0. The van der Waals surface area contributed by atoms with Crippen LogP contribution in [0.15, 0.2) is 18.2 Å².